The minimum atomic E-state index is 0.726. The molecule has 0 N–H and O–H groups in total. The molecular formula is C18H25NO2. The number of benzene rings is 1. The number of pyridine rings is 1. The van der Waals surface area contributed by atoms with Gasteiger partial charge in [0.25, 0.3) is 0 Å². The van der Waals surface area contributed by atoms with Crippen LogP contribution < -0.4 is 9.47 Å². The highest BCUT2D eigenvalue weighted by Crippen LogP contribution is 2.26. The van der Waals surface area contributed by atoms with Crippen LogP contribution in [0.4, 0.5) is 0 Å². The highest BCUT2D eigenvalue weighted by Gasteiger charge is 2.04. The zero-order chi connectivity index (χ0) is 14.9. The fourth-order valence-electron chi connectivity index (χ4n) is 2.42. The number of unbranched alkanes of at least 4 members (excludes halogenated alkanes) is 5. The maximum atomic E-state index is 5.85. The Morgan fingerprint density at radius 1 is 1.00 bits per heavy atom. The van der Waals surface area contributed by atoms with E-state index in [2.05, 4.69) is 11.9 Å². The number of hydrogen-bond acceptors (Lipinski definition) is 3. The Labute approximate surface area is 127 Å². The van der Waals surface area contributed by atoms with Crippen LogP contribution in [-0.4, -0.2) is 18.7 Å². The van der Waals surface area contributed by atoms with Gasteiger partial charge in [-0.15, -0.1) is 0 Å². The predicted octanol–water partition coefficient (Wildman–Crippen LogP) is 4.98. The van der Waals surface area contributed by atoms with Gasteiger partial charge in [0.15, 0.2) is 0 Å². The van der Waals surface area contributed by atoms with Crippen molar-refractivity contribution in [3.63, 3.8) is 0 Å². The molecule has 2 aromatic rings. The standard InChI is InChI=1S/C18H25NO2/c1-3-4-5-6-7-8-13-21-18-17-10-9-16(20-2)14-15(17)11-12-19-18/h9-12,14H,3-8,13H2,1-2H3. The van der Waals surface area contributed by atoms with E-state index in [0.717, 1.165) is 35.4 Å². The summed E-state index contributed by atoms with van der Waals surface area (Å²) in [6.45, 7) is 2.98. The van der Waals surface area contributed by atoms with E-state index in [1.54, 1.807) is 13.3 Å². The van der Waals surface area contributed by atoms with Crippen LogP contribution >= 0.6 is 0 Å². The summed E-state index contributed by atoms with van der Waals surface area (Å²) < 4.78 is 11.1. The van der Waals surface area contributed by atoms with Crippen molar-refractivity contribution in [3.8, 4) is 11.6 Å². The van der Waals surface area contributed by atoms with E-state index >= 15 is 0 Å². The Morgan fingerprint density at radius 3 is 2.62 bits per heavy atom. The third kappa shape index (κ3) is 4.62. The van der Waals surface area contributed by atoms with E-state index < -0.39 is 0 Å². The third-order valence-corrected chi connectivity index (χ3v) is 3.67. The van der Waals surface area contributed by atoms with Crippen molar-refractivity contribution in [2.24, 2.45) is 0 Å². The van der Waals surface area contributed by atoms with E-state index in [0.29, 0.717) is 0 Å². The van der Waals surface area contributed by atoms with Crippen LogP contribution in [0.2, 0.25) is 0 Å². The number of ether oxygens (including phenoxy) is 2. The Balaban J connectivity index is 1.87. The van der Waals surface area contributed by atoms with Gasteiger partial charge in [-0.2, -0.15) is 0 Å². The molecule has 0 amide bonds. The first-order chi connectivity index (χ1) is 10.3. The quantitative estimate of drug-likeness (QED) is 0.609. The molecule has 0 saturated heterocycles. The summed E-state index contributed by atoms with van der Waals surface area (Å²) in [6, 6.07) is 7.95. The second-order valence-electron chi connectivity index (χ2n) is 5.32. The molecule has 0 saturated carbocycles. The highest BCUT2D eigenvalue weighted by molar-refractivity contribution is 5.87. The largest absolute Gasteiger partial charge is 0.497 e. The lowest BCUT2D eigenvalue weighted by Crippen LogP contribution is -1.99. The molecule has 0 spiro atoms. The molecule has 1 heterocycles. The zero-order valence-electron chi connectivity index (χ0n) is 13.1. The van der Waals surface area contributed by atoms with Gasteiger partial charge < -0.3 is 9.47 Å². The first kappa shape index (κ1) is 15.6. The summed E-state index contributed by atoms with van der Waals surface area (Å²) in [7, 11) is 1.68. The molecule has 1 aromatic heterocycles. The van der Waals surface area contributed by atoms with Gasteiger partial charge in [0.05, 0.1) is 13.7 Å². The van der Waals surface area contributed by atoms with Gasteiger partial charge in [0.2, 0.25) is 5.88 Å². The molecule has 0 aliphatic carbocycles. The van der Waals surface area contributed by atoms with Gasteiger partial charge in [-0.25, -0.2) is 4.98 Å². The summed E-state index contributed by atoms with van der Waals surface area (Å²) in [6.07, 6.45) is 9.39. The first-order valence-corrected chi connectivity index (χ1v) is 7.90. The lowest BCUT2D eigenvalue weighted by molar-refractivity contribution is 0.297. The van der Waals surface area contributed by atoms with Crippen molar-refractivity contribution in [3.05, 3.63) is 30.5 Å². The van der Waals surface area contributed by atoms with E-state index in [9.17, 15) is 0 Å². The SMILES string of the molecule is CCCCCCCCOc1nccc2cc(OC)ccc12. The van der Waals surface area contributed by atoms with Crippen LogP contribution in [0.5, 0.6) is 11.6 Å². The Kier molecular flexibility index (Phi) is 6.32. The van der Waals surface area contributed by atoms with Crippen molar-refractivity contribution in [1.29, 1.82) is 0 Å². The topological polar surface area (TPSA) is 31.4 Å². The minimum absolute atomic E-state index is 0.726. The molecule has 0 unspecified atom stereocenters. The second-order valence-corrected chi connectivity index (χ2v) is 5.32. The number of nitrogens with zero attached hydrogens (tertiary/aromatic N) is 1. The molecular weight excluding hydrogens is 262 g/mol. The normalized spacial score (nSPS) is 10.8. The minimum Gasteiger partial charge on any atom is -0.497 e. The Morgan fingerprint density at radius 2 is 1.81 bits per heavy atom. The number of methoxy groups -OCH3 is 1. The Bertz CT molecular complexity index is 554. The number of hydrogen-bond donors (Lipinski definition) is 0. The van der Waals surface area contributed by atoms with Gasteiger partial charge in [-0.1, -0.05) is 39.0 Å². The zero-order valence-corrected chi connectivity index (χ0v) is 13.1. The van der Waals surface area contributed by atoms with E-state index in [1.807, 2.05) is 24.3 Å². The van der Waals surface area contributed by atoms with Crippen molar-refractivity contribution >= 4 is 10.8 Å². The number of aromatic nitrogens is 1. The monoisotopic (exact) mass is 287 g/mol. The third-order valence-electron chi connectivity index (χ3n) is 3.67. The van der Waals surface area contributed by atoms with Crippen molar-refractivity contribution in [1.82, 2.24) is 4.98 Å². The number of rotatable bonds is 9. The maximum absolute atomic E-state index is 5.85. The smallest absolute Gasteiger partial charge is 0.221 e. The van der Waals surface area contributed by atoms with Gasteiger partial charge in [-0.3, -0.25) is 0 Å². The van der Waals surface area contributed by atoms with Crippen LogP contribution in [0.15, 0.2) is 30.5 Å². The van der Waals surface area contributed by atoms with Gasteiger partial charge in [-0.05, 0) is 36.1 Å². The highest BCUT2D eigenvalue weighted by atomic mass is 16.5. The molecule has 0 fully saturated rings. The predicted molar refractivity (Wildman–Crippen MR) is 87.2 cm³/mol. The van der Waals surface area contributed by atoms with Crippen LogP contribution in [0.1, 0.15) is 45.4 Å². The summed E-state index contributed by atoms with van der Waals surface area (Å²) in [5.74, 6) is 1.58. The molecule has 0 radical (unpaired) electrons. The van der Waals surface area contributed by atoms with Crippen molar-refractivity contribution < 1.29 is 9.47 Å². The van der Waals surface area contributed by atoms with Gasteiger partial charge in [0, 0.05) is 11.6 Å². The summed E-state index contributed by atoms with van der Waals surface area (Å²) in [5.41, 5.74) is 0. The molecule has 3 heteroatoms. The van der Waals surface area contributed by atoms with Gasteiger partial charge in [0.1, 0.15) is 5.75 Å². The molecule has 3 nitrogen and oxygen atoms in total. The molecule has 0 aliphatic heterocycles. The molecule has 0 bridgehead atoms. The van der Waals surface area contributed by atoms with E-state index in [4.69, 9.17) is 9.47 Å². The van der Waals surface area contributed by atoms with Crippen LogP contribution in [-0.2, 0) is 0 Å². The average Bonchev–Trinajstić information content (AvgIpc) is 2.53. The lowest BCUT2D eigenvalue weighted by Gasteiger charge is -2.09. The van der Waals surface area contributed by atoms with E-state index in [1.165, 1.54) is 32.1 Å². The van der Waals surface area contributed by atoms with Crippen LogP contribution in [0, 0.1) is 0 Å². The fraction of sp³-hybridized carbons (Fsp3) is 0.500. The first-order valence-electron chi connectivity index (χ1n) is 7.90. The summed E-state index contributed by atoms with van der Waals surface area (Å²) >= 11 is 0. The Hall–Kier alpha value is -1.77. The molecule has 0 atom stereocenters. The van der Waals surface area contributed by atoms with Gasteiger partial charge >= 0.3 is 0 Å². The average molecular weight is 287 g/mol. The van der Waals surface area contributed by atoms with Crippen molar-refractivity contribution in [2.45, 2.75) is 45.4 Å². The molecule has 1 aromatic carbocycles. The summed E-state index contributed by atoms with van der Waals surface area (Å²) in [5, 5.41) is 2.14. The van der Waals surface area contributed by atoms with Crippen LogP contribution in [0.3, 0.4) is 0 Å². The molecule has 0 aliphatic rings. The molecule has 21 heavy (non-hydrogen) atoms. The molecule has 114 valence electrons. The summed E-state index contributed by atoms with van der Waals surface area (Å²) in [4.78, 5) is 4.35. The lowest BCUT2D eigenvalue weighted by atomic mass is 10.1. The number of fused-ring (bicyclic) bond motifs is 1. The molecule has 2 rings (SSSR count). The fourth-order valence-corrected chi connectivity index (χ4v) is 2.42. The van der Waals surface area contributed by atoms with Crippen molar-refractivity contribution in [2.75, 3.05) is 13.7 Å². The van der Waals surface area contributed by atoms with Crippen LogP contribution in [0.25, 0.3) is 10.8 Å². The van der Waals surface area contributed by atoms with E-state index in [-0.39, 0.29) is 0 Å². The second kappa shape index (κ2) is 8.50. The maximum Gasteiger partial charge on any atom is 0.221 e.